The van der Waals surface area contributed by atoms with Gasteiger partial charge in [-0.05, 0) is 70.6 Å². The molecule has 0 unspecified atom stereocenters. The number of nitrogens with zero attached hydrogens (tertiary/aromatic N) is 3. The quantitative estimate of drug-likeness (QED) is 0.374. The third-order valence-corrected chi connectivity index (χ3v) is 8.84. The first-order valence-electron chi connectivity index (χ1n) is 14.5. The molecule has 2 saturated heterocycles. The minimum Gasteiger partial charge on any atom is -0.492 e. The molecule has 220 valence electrons. The molecule has 2 aliphatic heterocycles. The van der Waals surface area contributed by atoms with Gasteiger partial charge in [0, 0.05) is 66.7 Å². The van der Waals surface area contributed by atoms with E-state index in [9.17, 15) is 9.90 Å². The number of benzene rings is 1. The highest BCUT2D eigenvalue weighted by molar-refractivity contribution is 7.99. The first-order valence-corrected chi connectivity index (χ1v) is 15.7. The highest BCUT2D eigenvalue weighted by atomic mass is 32.2. The van der Waals surface area contributed by atoms with Crippen LogP contribution in [0.25, 0.3) is 11.1 Å². The molecule has 3 heterocycles. The zero-order valence-electron chi connectivity index (χ0n) is 25.4. The van der Waals surface area contributed by atoms with Crippen LogP contribution in [0.5, 0.6) is 5.75 Å². The summed E-state index contributed by atoms with van der Waals surface area (Å²) >= 11 is 2.02. The van der Waals surface area contributed by atoms with Gasteiger partial charge >= 0.3 is 5.97 Å². The van der Waals surface area contributed by atoms with Gasteiger partial charge in [-0.3, -0.25) is 9.88 Å². The summed E-state index contributed by atoms with van der Waals surface area (Å²) in [6.07, 6.45) is 0.951. The van der Waals surface area contributed by atoms with Crippen LogP contribution >= 0.6 is 11.8 Å². The van der Waals surface area contributed by atoms with Crippen LogP contribution in [0.3, 0.4) is 0 Å². The minimum atomic E-state index is -1.12. The average molecular weight is 570 g/mol. The van der Waals surface area contributed by atoms with Crippen molar-refractivity contribution in [2.75, 3.05) is 55.7 Å². The maximum atomic E-state index is 12.7. The van der Waals surface area contributed by atoms with E-state index in [0.717, 1.165) is 73.8 Å². The minimum absolute atomic E-state index is 0.258. The molecule has 1 aromatic heterocycles. The molecule has 1 atom stereocenters. The summed E-state index contributed by atoms with van der Waals surface area (Å²) in [6.45, 7) is 19.8. The zero-order valence-corrected chi connectivity index (χ0v) is 26.2. The molecule has 0 bridgehead atoms. The smallest absolute Gasteiger partial charge is 0.337 e. The van der Waals surface area contributed by atoms with E-state index in [1.165, 1.54) is 11.5 Å². The summed E-state index contributed by atoms with van der Waals surface area (Å²) in [4.78, 5) is 22.4. The molecule has 4 rings (SSSR count). The molecule has 8 heteroatoms. The molecule has 2 fully saturated rings. The van der Waals surface area contributed by atoms with Crippen molar-refractivity contribution in [3.8, 4) is 16.9 Å². The first-order chi connectivity index (χ1) is 18.8. The molecule has 0 saturated carbocycles. The van der Waals surface area contributed by atoms with Crippen molar-refractivity contribution < 1.29 is 19.4 Å². The van der Waals surface area contributed by atoms with Gasteiger partial charge in [-0.15, -0.1) is 0 Å². The first kappa shape index (κ1) is 30.7. The number of aliphatic carboxylic acids is 1. The number of pyridine rings is 1. The van der Waals surface area contributed by atoms with Crippen LogP contribution in [0.4, 0.5) is 5.69 Å². The second-order valence-corrected chi connectivity index (χ2v) is 14.1. The average Bonchev–Trinajstić information content (AvgIpc) is 2.88. The van der Waals surface area contributed by atoms with Crippen molar-refractivity contribution >= 4 is 23.4 Å². The molecule has 1 N–H and O–H groups in total. The van der Waals surface area contributed by atoms with Gasteiger partial charge in [0.05, 0.1) is 11.3 Å². The number of ether oxygens (including phenoxy) is 2. The van der Waals surface area contributed by atoms with Crippen LogP contribution in [0, 0.1) is 19.3 Å². The van der Waals surface area contributed by atoms with Crippen molar-refractivity contribution in [3.05, 3.63) is 41.2 Å². The van der Waals surface area contributed by atoms with Gasteiger partial charge in [0.15, 0.2) is 6.10 Å². The molecule has 2 aromatic rings. The lowest BCUT2D eigenvalue weighted by molar-refractivity contribution is -0.160. The Morgan fingerprint density at radius 1 is 1.05 bits per heavy atom. The number of rotatable bonds is 9. The Hall–Kier alpha value is -2.29. The molecule has 1 aromatic carbocycles. The van der Waals surface area contributed by atoms with Crippen molar-refractivity contribution in [1.29, 1.82) is 0 Å². The Labute approximate surface area is 244 Å². The Morgan fingerprint density at radius 2 is 1.68 bits per heavy atom. The van der Waals surface area contributed by atoms with Crippen LogP contribution in [-0.4, -0.2) is 77.4 Å². The number of carbonyl (C=O) groups is 1. The SMILES string of the molecule is Cc1nc(C)c([C@H](OC(C)(C)C)C(=O)O)c(N2CCC(C)(C)CC2)c1-c1ccc(OCCN2CCSCC2)cc1. The number of hydrogen-bond donors (Lipinski definition) is 1. The highest BCUT2D eigenvalue weighted by Crippen LogP contribution is 2.45. The number of piperidine rings is 1. The topological polar surface area (TPSA) is 75.1 Å². The molecule has 40 heavy (non-hydrogen) atoms. The number of aryl methyl sites for hydroxylation is 2. The summed E-state index contributed by atoms with van der Waals surface area (Å²) in [5.74, 6) is 2.24. The standard InChI is InChI=1S/C32H47N3O4S/c1-22-26(24-8-10-25(11-9-24)38-19-16-34-17-20-40-21-18-34)28(35-14-12-32(6,7)13-15-35)27(23(2)33-22)29(30(36)37)39-31(3,4)5/h8-11,29H,12-21H2,1-7H3,(H,36,37)/t29-/m0/s1. The van der Waals surface area contributed by atoms with Crippen molar-refractivity contribution in [1.82, 2.24) is 9.88 Å². The van der Waals surface area contributed by atoms with Gasteiger partial charge in [-0.1, -0.05) is 26.0 Å². The number of thioether (sulfide) groups is 1. The predicted molar refractivity (Wildman–Crippen MR) is 165 cm³/mol. The molecule has 2 aliphatic rings. The molecular weight excluding hydrogens is 522 g/mol. The third kappa shape index (κ3) is 7.71. The van der Waals surface area contributed by atoms with Crippen molar-refractivity contribution in [2.24, 2.45) is 5.41 Å². The van der Waals surface area contributed by atoms with Crippen LogP contribution < -0.4 is 9.64 Å². The molecule has 7 nitrogen and oxygen atoms in total. The second-order valence-electron chi connectivity index (χ2n) is 12.8. The van der Waals surface area contributed by atoms with E-state index in [1.807, 2.05) is 58.5 Å². The molecular formula is C32H47N3O4S. The van der Waals surface area contributed by atoms with Crippen LogP contribution in [0.15, 0.2) is 24.3 Å². The maximum Gasteiger partial charge on any atom is 0.337 e. The van der Waals surface area contributed by atoms with E-state index >= 15 is 0 Å². The fourth-order valence-corrected chi connectivity index (χ4v) is 6.57. The monoisotopic (exact) mass is 569 g/mol. The number of hydrogen-bond acceptors (Lipinski definition) is 7. The van der Waals surface area contributed by atoms with Gasteiger partial charge in [-0.2, -0.15) is 11.8 Å². The van der Waals surface area contributed by atoms with Gasteiger partial charge in [0.25, 0.3) is 0 Å². The number of anilines is 1. The Morgan fingerprint density at radius 3 is 2.25 bits per heavy atom. The summed E-state index contributed by atoms with van der Waals surface area (Å²) in [6, 6.07) is 8.19. The van der Waals surface area contributed by atoms with E-state index in [1.54, 1.807) is 0 Å². The van der Waals surface area contributed by atoms with Crippen LogP contribution in [0.2, 0.25) is 0 Å². The maximum absolute atomic E-state index is 12.7. The Balaban J connectivity index is 1.70. The summed E-state index contributed by atoms with van der Waals surface area (Å²) in [7, 11) is 0. The van der Waals surface area contributed by atoms with Gasteiger partial charge in [-0.25, -0.2) is 4.79 Å². The summed E-state index contributed by atoms with van der Waals surface area (Å²) in [5, 5.41) is 10.4. The molecule has 0 amide bonds. The number of carboxylic acids is 1. The Kier molecular flexibility index (Phi) is 9.74. The highest BCUT2D eigenvalue weighted by Gasteiger charge is 2.36. The zero-order chi connectivity index (χ0) is 29.1. The lowest BCUT2D eigenvalue weighted by Gasteiger charge is -2.41. The summed E-state index contributed by atoms with van der Waals surface area (Å²) < 4.78 is 12.3. The fourth-order valence-electron chi connectivity index (χ4n) is 5.59. The van der Waals surface area contributed by atoms with Crippen molar-refractivity contribution in [2.45, 2.75) is 73.0 Å². The van der Waals surface area contributed by atoms with Gasteiger partial charge in [0.1, 0.15) is 12.4 Å². The lowest BCUT2D eigenvalue weighted by Crippen LogP contribution is -2.39. The summed E-state index contributed by atoms with van der Waals surface area (Å²) in [5.41, 5.74) is 4.79. The van der Waals surface area contributed by atoms with E-state index in [4.69, 9.17) is 14.5 Å². The van der Waals surface area contributed by atoms with E-state index in [0.29, 0.717) is 17.9 Å². The number of aromatic nitrogens is 1. The molecule has 0 spiro atoms. The van der Waals surface area contributed by atoms with E-state index < -0.39 is 17.7 Å². The third-order valence-electron chi connectivity index (χ3n) is 7.89. The lowest BCUT2D eigenvalue weighted by atomic mass is 9.82. The van der Waals surface area contributed by atoms with E-state index in [-0.39, 0.29) is 5.41 Å². The van der Waals surface area contributed by atoms with Gasteiger partial charge in [0.2, 0.25) is 0 Å². The molecule has 0 radical (unpaired) electrons. The fraction of sp³-hybridized carbons (Fsp3) is 0.625. The van der Waals surface area contributed by atoms with E-state index in [2.05, 4.69) is 35.8 Å². The second kappa shape index (κ2) is 12.7. The van der Waals surface area contributed by atoms with Crippen LogP contribution in [-0.2, 0) is 9.53 Å². The number of carboxylic acid groups (broad SMARTS) is 1. The van der Waals surface area contributed by atoms with Gasteiger partial charge < -0.3 is 19.5 Å². The molecule has 0 aliphatic carbocycles. The van der Waals surface area contributed by atoms with Crippen LogP contribution in [0.1, 0.15) is 70.5 Å². The largest absolute Gasteiger partial charge is 0.492 e. The predicted octanol–water partition coefficient (Wildman–Crippen LogP) is 6.36. The normalized spacial score (nSPS) is 18.9. The Bertz CT molecular complexity index is 1160. The van der Waals surface area contributed by atoms with Crippen molar-refractivity contribution in [3.63, 3.8) is 0 Å².